The average molecular weight is 406 g/mol. The van der Waals surface area contributed by atoms with Crippen molar-refractivity contribution in [2.45, 2.75) is 20.0 Å². The van der Waals surface area contributed by atoms with E-state index < -0.39 is 0 Å². The van der Waals surface area contributed by atoms with Crippen LogP contribution in [0.15, 0.2) is 59.1 Å². The van der Waals surface area contributed by atoms with Crippen LogP contribution in [-0.4, -0.2) is 64.1 Å². The minimum atomic E-state index is 0.0675. The van der Waals surface area contributed by atoms with E-state index >= 15 is 0 Å². The Hall–Kier alpha value is -3.19. The number of aryl methyl sites for hydroxylation is 1. The summed E-state index contributed by atoms with van der Waals surface area (Å²) in [5.41, 5.74) is 3.28. The average Bonchev–Trinajstić information content (AvgIpc) is 3.23. The van der Waals surface area contributed by atoms with E-state index in [1.165, 1.54) is 5.56 Å². The standard InChI is InChI=1S/C23H27N5O2/c1-18-8-10-20(11-9-18)22-24-21(30-25-22)17-27-12-14-28(15-13-27)23(29)26(2)16-19-6-4-3-5-7-19/h3-11H,12-17H2,1-2H3. The first-order valence-electron chi connectivity index (χ1n) is 10.2. The zero-order valence-electron chi connectivity index (χ0n) is 17.5. The number of benzene rings is 2. The zero-order chi connectivity index (χ0) is 20.9. The quantitative estimate of drug-likeness (QED) is 0.651. The van der Waals surface area contributed by atoms with Crippen LogP contribution in [0.3, 0.4) is 0 Å². The smallest absolute Gasteiger partial charge is 0.320 e. The molecule has 3 aromatic rings. The Morgan fingerprint density at radius 3 is 2.43 bits per heavy atom. The first-order chi connectivity index (χ1) is 14.6. The van der Waals surface area contributed by atoms with Crippen LogP contribution in [0.5, 0.6) is 0 Å². The van der Waals surface area contributed by atoms with Crippen molar-refractivity contribution in [2.75, 3.05) is 33.2 Å². The Morgan fingerprint density at radius 2 is 1.73 bits per heavy atom. The van der Waals surface area contributed by atoms with Crippen molar-refractivity contribution in [3.8, 4) is 11.4 Å². The predicted molar refractivity (Wildman–Crippen MR) is 115 cm³/mol. The van der Waals surface area contributed by atoms with Crippen LogP contribution in [0.1, 0.15) is 17.0 Å². The third kappa shape index (κ3) is 4.86. The highest BCUT2D eigenvalue weighted by Crippen LogP contribution is 2.17. The van der Waals surface area contributed by atoms with Gasteiger partial charge in [0.1, 0.15) is 0 Å². The molecule has 0 N–H and O–H groups in total. The Balaban J connectivity index is 1.27. The number of nitrogens with zero attached hydrogens (tertiary/aromatic N) is 5. The topological polar surface area (TPSA) is 65.7 Å². The first kappa shape index (κ1) is 20.1. The minimum absolute atomic E-state index is 0.0675. The van der Waals surface area contributed by atoms with Gasteiger partial charge >= 0.3 is 6.03 Å². The van der Waals surface area contributed by atoms with Gasteiger partial charge in [-0.05, 0) is 12.5 Å². The number of hydrogen-bond acceptors (Lipinski definition) is 5. The summed E-state index contributed by atoms with van der Waals surface area (Å²) in [5, 5.41) is 4.10. The molecule has 0 aliphatic carbocycles. The third-order valence-corrected chi connectivity index (χ3v) is 5.37. The fourth-order valence-electron chi connectivity index (χ4n) is 3.59. The zero-order valence-corrected chi connectivity index (χ0v) is 17.5. The van der Waals surface area contributed by atoms with Gasteiger partial charge in [-0.2, -0.15) is 4.98 Å². The molecular formula is C23H27N5O2. The molecule has 1 saturated heterocycles. The highest BCUT2D eigenvalue weighted by molar-refractivity contribution is 5.74. The largest absolute Gasteiger partial charge is 0.338 e. The number of rotatable bonds is 5. The van der Waals surface area contributed by atoms with Crippen LogP contribution < -0.4 is 0 Å². The molecule has 7 nitrogen and oxygen atoms in total. The molecule has 0 saturated carbocycles. The van der Waals surface area contributed by atoms with Gasteiger partial charge in [0.05, 0.1) is 6.54 Å². The van der Waals surface area contributed by atoms with E-state index in [2.05, 4.69) is 22.0 Å². The molecule has 0 radical (unpaired) electrons. The van der Waals surface area contributed by atoms with E-state index in [0.29, 0.717) is 37.9 Å². The summed E-state index contributed by atoms with van der Waals surface area (Å²) < 4.78 is 5.44. The molecule has 1 aliphatic heterocycles. The number of hydrogen-bond donors (Lipinski definition) is 0. The highest BCUT2D eigenvalue weighted by Gasteiger charge is 2.24. The van der Waals surface area contributed by atoms with E-state index in [9.17, 15) is 4.79 Å². The Bertz CT molecular complexity index is 963. The molecular weight excluding hydrogens is 378 g/mol. The van der Waals surface area contributed by atoms with Crippen LogP contribution >= 0.6 is 0 Å². The molecule has 156 valence electrons. The fraction of sp³-hybridized carbons (Fsp3) is 0.348. The molecule has 1 aliphatic rings. The Labute approximate surface area is 176 Å². The predicted octanol–water partition coefficient (Wildman–Crippen LogP) is 3.41. The Morgan fingerprint density at radius 1 is 1.03 bits per heavy atom. The lowest BCUT2D eigenvalue weighted by molar-refractivity contribution is 0.108. The fourth-order valence-corrected chi connectivity index (χ4v) is 3.59. The minimum Gasteiger partial charge on any atom is -0.338 e. The summed E-state index contributed by atoms with van der Waals surface area (Å²) in [6.45, 7) is 6.22. The molecule has 4 rings (SSSR count). The summed E-state index contributed by atoms with van der Waals surface area (Å²) in [6.07, 6.45) is 0. The monoisotopic (exact) mass is 405 g/mol. The molecule has 1 aromatic heterocycles. The van der Waals surface area contributed by atoms with Crippen molar-refractivity contribution >= 4 is 6.03 Å². The van der Waals surface area contributed by atoms with E-state index in [0.717, 1.165) is 24.2 Å². The molecule has 7 heteroatoms. The SMILES string of the molecule is Cc1ccc(-c2noc(CN3CCN(C(=O)N(C)Cc4ccccc4)CC3)n2)cc1. The van der Waals surface area contributed by atoms with Crippen LogP contribution in [-0.2, 0) is 13.1 Å². The highest BCUT2D eigenvalue weighted by atomic mass is 16.5. The van der Waals surface area contributed by atoms with Gasteiger partial charge in [-0.1, -0.05) is 65.3 Å². The van der Waals surface area contributed by atoms with Gasteiger partial charge in [0.25, 0.3) is 0 Å². The van der Waals surface area contributed by atoms with Gasteiger partial charge in [-0.25, -0.2) is 4.79 Å². The summed E-state index contributed by atoms with van der Waals surface area (Å²) >= 11 is 0. The maximum absolute atomic E-state index is 12.7. The molecule has 1 fully saturated rings. The molecule has 2 amide bonds. The van der Waals surface area contributed by atoms with E-state index in [1.807, 2.05) is 66.5 Å². The molecule has 0 bridgehead atoms. The van der Waals surface area contributed by atoms with Crippen molar-refractivity contribution in [3.05, 3.63) is 71.6 Å². The summed E-state index contributed by atoms with van der Waals surface area (Å²) in [5.74, 6) is 1.22. The van der Waals surface area contributed by atoms with E-state index in [1.54, 1.807) is 4.90 Å². The lowest BCUT2D eigenvalue weighted by Gasteiger charge is -2.36. The van der Waals surface area contributed by atoms with Crippen LogP contribution in [0, 0.1) is 6.92 Å². The van der Waals surface area contributed by atoms with Crippen LogP contribution in [0.25, 0.3) is 11.4 Å². The van der Waals surface area contributed by atoms with Crippen LogP contribution in [0.4, 0.5) is 4.79 Å². The van der Waals surface area contributed by atoms with Gasteiger partial charge < -0.3 is 14.3 Å². The van der Waals surface area contributed by atoms with Crippen molar-refractivity contribution in [2.24, 2.45) is 0 Å². The molecule has 2 heterocycles. The molecule has 30 heavy (non-hydrogen) atoms. The van der Waals surface area contributed by atoms with Gasteiger partial charge in [0, 0.05) is 45.3 Å². The van der Waals surface area contributed by atoms with Gasteiger partial charge in [0.15, 0.2) is 0 Å². The summed E-state index contributed by atoms with van der Waals surface area (Å²) in [7, 11) is 1.85. The number of piperazine rings is 1. The second-order valence-electron chi connectivity index (χ2n) is 7.77. The molecule has 0 atom stereocenters. The molecule has 2 aromatic carbocycles. The van der Waals surface area contributed by atoms with Crippen molar-refractivity contribution < 1.29 is 9.32 Å². The maximum Gasteiger partial charge on any atom is 0.320 e. The lowest BCUT2D eigenvalue weighted by atomic mass is 10.1. The third-order valence-electron chi connectivity index (χ3n) is 5.37. The van der Waals surface area contributed by atoms with Crippen molar-refractivity contribution in [1.82, 2.24) is 24.8 Å². The molecule has 0 spiro atoms. The van der Waals surface area contributed by atoms with Gasteiger partial charge in [-0.15, -0.1) is 0 Å². The summed E-state index contributed by atoms with van der Waals surface area (Å²) in [4.78, 5) is 23.2. The number of urea groups is 1. The number of amides is 2. The first-order valence-corrected chi connectivity index (χ1v) is 10.2. The van der Waals surface area contributed by atoms with Crippen molar-refractivity contribution in [3.63, 3.8) is 0 Å². The summed E-state index contributed by atoms with van der Waals surface area (Å²) in [6, 6.07) is 18.2. The number of carbonyl (C=O) groups excluding carboxylic acids is 1. The second-order valence-corrected chi connectivity index (χ2v) is 7.77. The lowest BCUT2D eigenvalue weighted by Crippen LogP contribution is -2.51. The van der Waals surface area contributed by atoms with E-state index in [4.69, 9.17) is 4.52 Å². The van der Waals surface area contributed by atoms with Crippen molar-refractivity contribution in [1.29, 1.82) is 0 Å². The van der Waals surface area contributed by atoms with Crippen LogP contribution in [0.2, 0.25) is 0 Å². The van der Waals surface area contributed by atoms with E-state index in [-0.39, 0.29) is 6.03 Å². The Kier molecular flexibility index (Phi) is 6.09. The van der Waals surface area contributed by atoms with Gasteiger partial charge in [-0.3, -0.25) is 4.90 Å². The number of carbonyl (C=O) groups is 1. The normalized spacial score (nSPS) is 14.7. The number of aromatic nitrogens is 2. The maximum atomic E-state index is 12.7. The second kappa shape index (κ2) is 9.09. The molecule has 0 unspecified atom stereocenters. The van der Waals surface area contributed by atoms with Gasteiger partial charge in [0.2, 0.25) is 11.7 Å².